The zero-order chi connectivity index (χ0) is 18.0. The van der Waals surface area contributed by atoms with Crippen molar-refractivity contribution in [3.63, 3.8) is 0 Å². The van der Waals surface area contributed by atoms with Gasteiger partial charge in [0, 0.05) is 6.04 Å². The van der Waals surface area contributed by atoms with Crippen molar-refractivity contribution >= 4 is 0 Å². The van der Waals surface area contributed by atoms with Crippen LogP contribution in [0.5, 0.6) is 0 Å². The molecule has 25 heavy (non-hydrogen) atoms. The second-order valence-electron chi connectivity index (χ2n) is 10.8. The van der Waals surface area contributed by atoms with Crippen LogP contribution < -0.4 is 0 Å². The monoisotopic (exact) mass is 347 g/mol. The number of hydrogen-bond acceptors (Lipinski definition) is 2. The van der Waals surface area contributed by atoms with Crippen LogP contribution in [-0.2, 0) is 0 Å². The highest BCUT2D eigenvalue weighted by Gasteiger charge is 2.62. The van der Waals surface area contributed by atoms with Gasteiger partial charge in [-0.25, -0.2) is 0 Å². The van der Waals surface area contributed by atoms with Crippen molar-refractivity contribution in [2.45, 2.75) is 90.7 Å². The molecule has 4 saturated carbocycles. The van der Waals surface area contributed by atoms with Crippen LogP contribution in [0.15, 0.2) is 0 Å². The van der Waals surface area contributed by atoms with E-state index in [1.807, 2.05) is 0 Å². The highest BCUT2D eigenvalue weighted by atomic mass is 16.3. The van der Waals surface area contributed by atoms with Crippen LogP contribution in [0.4, 0.5) is 0 Å². The average molecular weight is 348 g/mol. The molecule has 4 rings (SSSR count). The van der Waals surface area contributed by atoms with Gasteiger partial charge in [-0.15, -0.1) is 0 Å². The molecule has 4 aliphatic rings. The molecule has 0 aromatic rings. The third-order valence-corrected chi connectivity index (χ3v) is 10.2. The molecule has 0 bridgehead atoms. The quantitative estimate of drug-likeness (QED) is 0.763. The first kappa shape index (κ1) is 18.3. The lowest BCUT2D eigenvalue weighted by Crippen LogP contribution is -2.60. The first-order chi connectivity index (χ1) is 11.8. The molecule has 0 spiro atoms. The van der Waals surface area contributed by atoms with Crippen molar-refractivity contribution in [1.29, 1.82) is 0 Å². The maximum absolute atomic E-state index is 11.3. The summed E-state index contributed by atoms with van der Waals surface area (Å²) >= 11 is 0. The summed E-state index contributed by atoms with van der Waals surface area (Å²) in [4.78, 5) is 2.36. The fourth-order valence-electron chi connectivity index (χ4n) is 8.50. The van der Waals surface area contributed by atoms with Crippen LogP contribution in [0.3, 0.4) is 0 Å². The van der Waals surface area contributed by atoms with E-state index in [2.05, 4.69) is 39.8 Å². The van der Waals surface area contributed by atoms with E-state index in [-0.39, 0.29) is 11.5 Å². The lowest BCUT2D eigenvalue weighted by Gasteiger charge is -2.63. The smallest absolute Gasteiger partial charge is 0.0614 e. The van der Waals surface area contributed by atoms with Crippen molar-refractivity contribution in [1.82, 2.24) is 4.90 Å². The standard InChI is InChI=1S/C23H41NO/c1-6-15-8-10-19-18-9-7-16-13-17(24(4)5)14-21(25)23(16,3)20(18)11-12-22(15,19)2/h15-21,25H,6-14H2,1-5H3. The summed E-state index contributed by atoms with van der Waals surface area (Å²) in [6, 6.07) is 0.578. The average Bonchev–Trinajstić information content (AvgIpc) is 2.92. The molecule has 0 aliphatic heterocycles. The predicted octanol–water partition coefficient (Wildman–Crippen LogP) is 4.96. The van der Waals surface area contributed by atoms with Crippen molar-refractivity contribution in [3.05, 3.63) is 0 Å². The second kappa shape index (κ2) is 6.23. The fourth-order valence-corrected chi connectivity index (χ4v) is 8.50. The van der Waals surface area contributed by atoms with E-state index in [0.717, 1.165) is 36.0 Å². The Bertz CT molecular complexity index is 504. The molecule has 0 saturated heterocycles. The van der Waals surface area contributed by atoms with E-state index in [1.165, 1.54) is 51.4 Å². The first-order valence-electron chi connectivity index (χ1n) is 11.2. The van der Waals surface area contributed by atoms with Crippen molar-refractivity contribution in [3.8, 4) is 0 Å². The molecule has 9 atom stereocenters. The summed E-state index contributed by atoms with van der Waals surface area (Å²) in [6.07, 6.45) is 12.1. The molecule has 2 heteroatoms. The molecule has 0 radical (unpaired) electrons. The summed E-state index contributed by atoms with van der Waals surface area (Å²) < 4.78 is 0. The zero-order valence-electron chi connectivity index (χ0n) is 17.3. The summed E-state index contributed by atoms with van der Waals surface area (Å²) in [7, 11) is 4.39. The van der Waals surface area contributed by atoms with Crippen LogP contribution in [-0.4, -0.2) is 36.2 Å². The number of nitrogens with zero attached hydrogens (tertiary/aromatic N) is 1. The van der Waals surface area contributed by atoms with Gasteiger partial charge in [0.2, 0.25) is 0 Å². The minimum absolute atomic E-state index is 0.0980. The molecule has 144 valence electrons. The Kier molecular flexibility index (Phi) is 4.56. The summed E-state index contributed by atoms with van der Waals surface area (Å²) in [5.41, 5.74) is 0.784. The SMILES string of the molecule is CCC1CCC2C3CCC4CC(N(C)C)CC(O)C4(C)C3CCC12C. The van der Waals surface area contributed by atoms with E-state index in [9.17, 15) is 5.11 Å². The van der Waals surface area contributed by atoms with Crippen LogP contribution in [0.1, 0.15) is 78.6 Å². The maximum Gasteiger partial charge on any atom is 0.0614 e. The molecule has 1 N–H and O–H groups in total. The van der Waals surface area contributed by atoms with Crippen molar-refractivity contribution in [2.24, 2.45) is 40.4 Å². The highest BCUT2D eigenvalue weighted by Crippen LogP contribution is 2.67. The minimum Gasteiger partial charge on any atom is -0.392 e. The second-order valence-corrected chi connectivity index (χ2v) is 10.8. The van der Waals surface area contributed by atoms with Gasteiger partial charge < -0.3 is 10.0 Å². The Labute approximate surface area is 155 Å². The highest BCUT2D eigenvalue weighted by molar-refractivity contribution is 5.11. The Morgan fingerprint density at radius 3 is 2.40 bits per heavy atom. The molecule has 0 heterocycles. The van der Waals surface area contributed by atoms with Gasteiger partial charge in [-0.05, 0) is 106 Å². The van der Waals surface area contributed by atoms with E-state index in [0.29, 0.717) is 11.5 Å². The van der Waals surface area contributed by atoms with E-state index < -0.39 is 0 Å². The minimum atomic E-state index is -0.0980. The van der Waals surface area contributed by atoms with Crippen LogP contribution in [0.25, 0.3) is 0 Å². The van der Waals surface area contributed by atoms with Crippen LogP contribution in [0, 0.1) is 40.4 Å². The third-order valence-electron chi connectivity index (χ3n) is 10.2. The van der Waals surface area contributed by atoms with E-state index in [1.54, 1.807) is 0 Å². The van der Waals surface area contributed by atoms with Crippen LogP contribution in [0.2, 0.25) is 0 Å². The molecular formula is C23H41NO. The van der Waals surface area contributed by atoms with E-state index in [4.69, 9.17) is 0 Å². The topological polar surface area (TPSA) is 23.5 Å². The van der Waals surface area contributed by atoms with Gasteiger partial charge in [0.1, 0.15) is 0 Å². The molecule has 0 amide bonds. The fraction of sp³-hybridized carbons (Fsp3) is 1.00. The number of fused-ring (bicyclic) bond motifs is 5. The number of aliphatic hydroxyl groups excluding tert-OH is 1. The first-order valence-corrected chi connectivity index (χ1v) is 11.2. The predicted molar refractivity (Wildman–Crippen MR) is 104 cm³/mol. The summed E-state index contributed by atoms with van der Waals surface area (Å²) in [5.74, 6) is 4.30. The molecular weight excluding hydrogens is 306 g/mol. The Morgan fingerprint density at radius 2 is 1.72 bits per heavy atom. The van der Waals surface area contributed by atoms with Gasteiger partial charge in [-0.1, -0.05) is 27.2 Å². The number of aliphatic hydroxyl groups is 1. The number of rotatable bonds is 2. The maximum atomic E-state index is 11.3. The lowest BCUT2D eigenvalue weighted by molar-refractivity contribution is -0.173. The summed E-state index contributed by atoms with van der Waals surface area (Å²) in [6.45, 7) is 7.53. The Hall–Kier alpha value is -0.0800. The van der Waals surface area contributed by atoms with Gasteiger partial charge in [0.05, 0.1) is 6.10 Å². The van der Waals surface area contributed by atoms with Gasteiger partial charge in [-0.2, -0.15) is 0 Å². The lowest BCUT2D eigenvalue weighted by atomic mass is 9.44. The Balaban J connectivity index is 1.60. The van der Waals surface area contributed by atoms with Crippen molar-refractivity contribution in [2.75, 3.05) is 14.1 Å². The molecule has 4 aliphatic carbocycles. The molecule has 0 aromatic heterocycles. The third kappa shape index (κ3) is 2.49. The molecule has 4 fully saturated rings. The molecule has 9 unspecified atom stereocenters. The Morgan fingerprint density at radius 1 is 0.960 bits per heavy atom. The summed E-state index contributed by atoms with van der Waals surface area (Å²) in [5, 5.41) is 11.3. The van der Waals surface area contributed by atoms with Gasteiger partial charge in [0.25, 0.3) is 0 Å². The zero-order valence-corrected chi connectivity index (χ0v) is 17.3. The van der Waals surface area contributed by atoms with Crippen LogP contribution >= 0.6 is 0 Å². The van der Waals surface area contributed by atoms with Gasteiger partial charge in [0.15, 0.2) is 0 Å². The van der Waals surface area contributed by atoms with E-state index >= 15 is 0 Å². The van der Waals surface area contributed by atoms with Gasteiger partial charge >= 0.3 is 0 Å². The normalized spacial score (nSPS) is 55.6. The molecule has 2 nitrogen and oxygen atoms in total. The van der Waals surface area contributed by atoms with Crippen molar-refractivity contribution < 1.29 is 5.11 Å². The molecule has 0 aromatic carbocycles. The largest absolute Gasteiger partial charge is 0.392 e. The van der Waals surface area contributed by atoms with Gasteiger partial charge in [-0.3, -0.25) is 0 Å². The number of hydrogen-bond donors (Lipinski definition) is 1.